The van der Waals surface area contributed by atoms with Crippen molar-refractivity contribution in [2.45, 2.75) is 48.0 Å². The summed E-state index contributed by atoms with van der Waals surface area (Å²) in [4.78, 5) is 0. The molecule has 4 aliphatic carbocycles. The minimum atomic E-state index is 0.155. The maximum absolute atomic E-state index is 2.45. The molecular formula is C27H30. The molecule has 4 aliphatic rings. The lowest BCUT2D eigenvalue weighted by molar-refractivity contribution is 0.452. The zero-order chi connectivity index (χ0) is 19.4. The van der Waals surface area contributed by atoms with E-state index in [1.165, 1.54) is 47.3 Å². The van der Waals surface area contributed by atoms with Crippen LogP contribution in [-0.4, -0.2) is 0 Å². The van der Waals surface area contributed by atoms with E-state index in [-0.39, 0.29) is 10.8 Å². The van der Waals surface area contributed by atoms with Gasteiger partial charge in [-0.15, -0.1) is 0 Å². The second kappa shape index (κ2) is 6.78. The van der Waals surface area contributed by atoms with Crippen molar-refractivity contribution >= 4 is 0 Å². The predicted molar refractivity (Wildman–Crippen MR) is 115 cm³/mol. The van der Waals surface area contributed by atoms with Gasteiger partial charge in [0.2, 0.25) is 0 Å². The van der Waals surface area contributed by atoms with Crippen LogP contribution in [-0.2, 0) is 0 Å². The fourth-order valence-electron chi connectivity index (χ4n) is 4.39. The maximum atomic E-state index is 2.45. The topological polar surface area (TPSA) is 0 Å². The largest absolute Gasteiger partial charge is 0.0759 e. The van der Waals surface area contributed by atoms with Crippen LogP contribution in [0.5, 0.6) is 0 Å². The second-order valence-electron chi connectivity index (χ2n) is 9.93. The van der Waals surface area contributed by atoms with E-state index in [0.29, 0.717) is 0 Å². The molecule has 2 fully saturated rings. The molecule has 0 bridgehead atoms. The van der Waals surface area contributed by atoms with Gasteiger partial charge in [-0.2, -0.15) is 0 Å². The Morgan fingerprint density at radius 2 is 0.852 bits per heavy atom. The Kier molecular flexibility index (Phi) is 4.84. The van der Waals surface area contributed by atoms with Gasteiger partial charge in [-0.05, 0) is 53.8 Å². The van der Waals surface area contributed by atoms with Crippen LogP contribution >= 0.6 is 0 Å². The van der Waals surface area contributed by atoms with Crippen molar-refractivity contribution < 1.29 is 0 Å². The summed E-state index contributed by atoms with van der Waals surface area (Å²) in [5.41, 5.74) is 0.311. The molecule has 0 aromatic heterocycles. The third-order valence-corrected chi connectivity index (χ3v) is 5.76. The molecule has 0 amide bonds. The lowest BCUT2D eigenvalue weighted by Crippen LogP contribution is -2.21. The normalized spacial score (nSPS) is 27.2. The van der Waals surface area contributed by atoms with Gasteiger partial charge in [0.05, 0.1) is 0 Å². The third-order valence-electron chi connectivity index (χ3n) is 5.76. The summed E-state index contributed by atoms with van der Waals surface area (Å²) in [6.07, 6.45) is 23.7. The van der Waals surface area contributed by atoms with E-state index in [2.05, 4.69) is 103 Å². The molecule has 0 heteroatoms. The Balaban J connectivity index is 1.55. The quantitative estimate of drug-likeness (QED) is 0.514. The number of rotatable bonds is 2. The number of allylic oxidation sites excluding steroid dienone is 8. The average molecular weight is 355 g/mol. The van der Waals surface area contributed by atoms with E-state index in [1.807, 2.05) is 0 Å². The Labute approximate surface area is 167 Å². The molecule has 4 rings (SSSR count). The molecule has 0 unspecified atom stereocenters. The molecule has 0 spiro atoms. The summed E-state index contributed by atoms with van der Waals surface area (Å²) in [6.45, 7) is 13.9. The number of hydrogen-bond acceptors (Lipinski definition) is 0. The molecule has 0 saturated heterocycles. The minimum Gasteiger partial charge on any atom is -0.0759 e. The van der Waals surface area contributed by atoms with Crippen LogP contribution in [0.15, 0.2) is 48.6 Å². The predicted octanol–water partition coefficient (Wildman–Crippen LogP) is 6.75. The van der Waals surface area contributed by atoms with Crippen molar-refractivity contribution in [2.75, 3.05) is 0 Å². The first kappa shape index (κ1) is 19.3. The molecule has 0 aromatic rings. The number of fused-ring (bicyclic) bond motifs is 2. The van der Waals surface area contributed by atoms with Gasteiger partial charge < -0.3 is 0 Å². The minimum absolute atomic E-state index is 0.155. The molecule has 0 nitrogen and oxygen atoms in total. The van der Waals surface area contributed by atoms with Gasteiger partial charge in [0, 0.05) is 23.7 Å². The maximum Gasteiger partial charge on any atom is 0.0166 e. The zero-order valence-electron chi connectivity index (χ0n) is 17.5. The highest BCUT2D eigenvalue weighted by Crippen LogP contribution is 2.62. The van der Waals surface area contributed by atoms with Crippen molar-refractivity contribution in [3.05, 3.63) is 109 Å². The van der Waals surface area contributed by atoms with E-state index < -0.39 is 0 Å². The molecule has 0 heterocycles. The summed E-state index contributed by atoms with van der Waals surface area (Å²) < 4.78 is 0. The number of hydrogen-bond donors (Lipinski definition) is 0. The van der Waals surface area contributed by atoms with Crippen LogP contribution < -0.4 is 0 Å². The molecular weight excluding hydrogens is 324 g/mol. The van der Waals surface area contributed by atoms with Crippen molar-refractivity contribution in [1.29, 1.82) is 0 Å². The van der Waals surface area contributed by atoms with Crippen molar-refractivity contribution in [1.82, 2.24) is 0 Å². The molecule has 138 valence electrons. The van der Waals surface area contributed by atoms with Crippen LogP contribution in [0.1, 0.15) is 48.0 Å². The average Bonchev–Trinajstić information content (AvgIpc) is 3.15. The summed E-state index contributed by atoms with van der Waals surface area (Å²) in [5.74, 6) is 11.5. The van der Waals surface area contributed by atoms with E-state index in [1.54, 1.807) is 0 Å². The van der Waals surface area contributed by atoms with Gasteiger partial charge in [-0.25, -0.2) is 0 Å². The first-order valence-electron chi connectivity index (χ1n) is 10.0. The Hall–Kier alpha value is -1.04. The monoisotopic (exact) mass is 354 g/mol. The van der Waals surface area contributed by atoms with E-state index in [4.69, 9.17) is 0 Å². The lowest BCUT2D eigenvalue weighted by atomic mass is 9.72. The van der Waals surface area contributed by atoms with Gasteiger partial charge in [-0.1, -0.05) is 90.2 Å². The van der Waals surface area contributed by atoms with Crippen molar-refractivity contribution in [3.8, 4) is 0 Å². The van der Waals surface area contributed by atoms with Gasteiger partial charge >= 0.3 is 0 Å². The van der Waals surface area contributed by atoms with Gasteiger partial charge in [-0.3, -0.25) is 0 Å². The summed E-state index contributed by atoms with van der Waals surface area (Å²) in [6, 6.07) is 0. The summed E-state index contributed by atoms with van der Waals surface area (Å²) in [5, 5.41) is 0. The molecule has 10 radical (unpaired) electrons. The summed E-state index contributed by atoms with van der Waals surface area (Å²) in [7, 11) is 0. The van der Waals surface area contributed by atoms with E-state index in [9.17, 15) is 0 Å². The molecule has 0 aliphatic heterocycles. The van der Waals surface area contributed by atoms with Gasteiger partial charge in [0.15, 0.2) is 0 Å². The standard InChI is InChI=1S/C27H30/c1-26(2,3)24-16-18(20-11-7-9-13-22(20)24)15-19-17-25(27(4,5)6)23-14-10-8-12-21(19)23/h7-14,16-17H,15H2,1-6H3. The first-order valence-corrected chi connectivity index (χ1v) is 10.0. The highest BCUT2D eigenvalue weighted by Gasteiger charge is 2.52. The Bertz CT molecular complexity index is 601. The molecule has 0 N–H and O–H groups in total. The van der Waals surface area contributed by atoms with Crippen molar-refractivity contribution in [3.63, 3.8) is 0 Å². The Morgan fingerprint density at radius 1 is 0.519 bits per heavy atom. The van der Waals surface area contributed by atoms with Crippen molar-refractivity contribution in [2.24, 2.45) is 10.8 Å². The first-order chi connectivity index (χ1) is 12.7. The molecule has 0 aromatic carbocycles. The van der Waals surface area contributed by atoms with Crippen LogP contribution in [0.2, 0.25) is 0 Å². The van der Waals surface area contributed by atoms with Crippen LogP contribution in [0.25, 0.3) is 0 Å². The third kappa shape index (κ3) is 3.54. The van der Waals surface area contributed by atoms with Gasteiger partial charge in [0.25, 0.3) is 0 Å². The van der Waals surface area contributed by atoms with E-state index in [0.717, 1.165) is 6.42 Å². The highest BCUT2D eigenvalue weighted by molar-refractivity contribution is 5.72. The zero-order valence-corrected chi connectivity index (χ0v) is 17.5. The van der Waals surface area contributed by atoms with E-state index >= 15 is 0 Å². The fourth-order valence-corrected chi connectivity index (χ4v) is 4.39. The second-order valence-corrected chi connectivity index (χ2v) is 9.93. The lowest BCUT2D eigenvalue weighted by Gasteiger charge is -2.31. The highest BCUT2D eigenvalue weighted by atomic mass is 14.5. The van der Waals surface area contributed by atoms with Crippen LogP contribution in [0.4, 0.5) is 0 Å². The Morgan fingerprint density at radius 3 is 1.19 bits per heavy atom. The summed E-state index contributed by atoms with van der Waals surface area (Å²) >= 11 is 0. The fraction of sp³-hybridized carbons (Fsp3) is 0.333. The van der Waals surface area contributed by atoms with Gasteiger partial charge in [0.1, 0.15) is 0 Å². The smallest absolute Gasteiger partial charge is 0.0166 e. The molecule has 0 atom stereocenters. The SMILES string of the molecule is CC(C)(C)[C]1[CH][C](C[C]2[CH][C](C(C)(C)C)[C]3C=CC=C[C]23)[C]2C=CC=C[C]21. The van der Waals surface area contributed by atoms with Crippen LogP contribution in [0, 0.1) is 71.0 Å². The molecule has 27 heavy (non-hydrogen) atoms. The van der Waals surface area contributed by atoms with Crippen LogP contribution in [0.3, 0.4) is 0 Å². The molecule has 2 saturated carbocycles.